The lowest BCUT2D eigenvalue weighted by Crippen LogP contribution is -2.14. The van der Waals surface area contributed by atoms with Gasteiger partial charge in [-0.15, -0.1) is 0 Å². The van der Waals surface area contributed by atoms with E-state index in [9.17, 15) is 4.39 Å². The van der Waals surface area contributed by atoms with Crippen LogP contribution in [0.15, 0.2) is 40.9 Å². The maximum Gasteiger partial charge on any atom is 0.161 e. The molecule has 0 aliphatic carbocycles. The van der Waals surface area contributed by atoms with Crippen molar-refractivity contribution >= 4 is 15.9 Å². The van der Waals surface area contributed by atoms with Crippen LogP contribution in [0.4, 0.5) is 4.39 Å². The predicted octanol–water partition coefficient (Wildman–Crippen LogP) is 3.85. The summed E-state index contributed by atoms with van der Waals surface area (Å²) in [5.41, 5.74) is 8.13. The van der Waals surface area contributed by atoms with Gasteiger partial charge in [-0.2, -0.15) is 0 Å². The Hall–Kier alpha value is -1.59. The van der Waals surface area contributed by atoms with Crippen molar-refractivity contribution in [1.29, 1.82) is 0 Å². The molecule has 3 nitrogen and oxygen atoms in total. The zero-order chi connectivity index (χ0) is 15.4. The first-order chi connectivity index (χ1) is 10.0. The average molecular weight is 354 g/mol. The summed E-state index contributed by atoms with van der Waals surface area (Å²) in [7, 11) is 3.18. The molecule has 0 spiro atoms. The van der Waals surface area contributed by atoms with Crippen LogP contribution in [0.25, 0.3) is 0 Å². The summed E-state index contributed by atoms with van der Waals surface area (Å²) in [6.07, 6.45) is 0.594. The quantitative estimate of drug-likeness (QED) is 0.887. The van der Waals surface area contributed by atoms with Crippen molar-refractivity contribution in [2.75, 3.05) is 14.2 Å². The van der Waals surface area contributed by atoms with Gasteiger partial charge in [-0.25, -0.2) is 4.39 Å². The van der Waals surface area contributed by atoms with E-state index in [1.54, 1.807) is 20.3 Å². The van der Waals surface area contributed by atoms with Crippen LogP contribution >= 0.6 is 15.9 Å². The third kappa shape index (κ3) is 3.74. The van der Waals surface area contributed by atoms with E-state index in [0.29, 0.717) is 17.9 Å². The van der Waals surface area contributed by atoms with Crippen molar-refractivity contribution in [3.8, 4) is 11.5 Å². The van der Waals surface area contributed by atoms with Crippen molar-refractivity contribution in [3.63, 3.8) is 0 Å². The first kappa shape index (κ1) is 15.8. The van der Waals surface area contributed by atoms with Crippen LogP contribution in [0.5, 0.6) is 11.5 Å². The Morgan fingerprint density at radius 1 is 1.10 bits per heavy atom. The monoisotopic (exact) mass is 353 g/mol. The number of hydrogen-bond acceptors (Lipinski definition) is 3. The van der Waals surface area contributed by atoms with Crippen LogP contribution in [0.2, 0.25) is 0 Å². The van der Waals surface area contributed by atoms with Gasteiger partial charge in [0, 0.05) is 10.5 Å². The van der Waals surface area contributed by atoms with Crippen LogP contribution in [0.3, 0.4) is 0 Å². The van der Waals surface area contributed by atoms with Crippen molar-refractivity contribution in [1.82, 2.24) is 0 Å². The Morgan fingerprint density at radius 3 is 2.43 bits per heavy atom. The normalized spacial score (nSPS) is 12.0. The van der Waals surface area contributed by atoms with E-state index in [1.807, 2.05) is 18.2 Å². The van der Waals surface area contributed by atoms with Gasteiger partial charge in [-0.3, -0.25) is 0 Å². The molecule has 1 unspecified atom stereocenters. The van der Waals surface area contributed by atoms with Gasteiger partial charge < -0.3 is 15.2 Å². The maximum atomic E-state index is 13.1. The second kappa shape index (κ2) is 6.91. The highest BCUT2D eigenvalue weighted by atomic mass is 79.9. The molecule has 21 heavy (non-hydrogen) atoms. The van der Waals surface area contributed by atoms with Crippen LogP contribution in [-0.2, 0) is 6.42 Å². The fourth-order valence-corrected chi connectivity index (χ4v) is 2.64. The van der Waals surface area contributed by atoms with Gasteiger partial charge in [0.15, 0.2) is 11.5 Å². The number of rotatable bonds is 5. The lowest BCUT2D eigenvalue weighted by Gasteiger charge is -2.16. The number of hydrogen-bond donors (Lipinski definition) is 1. The van der Waals surface area contributed by atoms with Crippen LogP contribution in [-0.4, -0.2) is 14.2 Å². The number of benzene rings is 2. The van der Waals surface area contributed by atoms with Gasteiger partial charge in [0.1, 0.15) is 5.82 Å². The van der Waals surface area contributed by atoms with E-state index < -0.39 is 0 Å². The summed E-state index contributed by atoms with van der Waals surface area (Å²) in [4.78, 5) is 0. The summed E-state index contributed by atoms with van der Waals surface area (Å²) in [6, 6.07) is 9.99. The molecule has 2 aromatic carbocycles. The van der Waals surface area contributed by atoms with Crippen molar-refractivity contribution < 1.29 is 13.9 Å². The van der Waals surface area contributed by atoms with E-state index in [4.69, 9.17) is 15.2 Å². The number of nitrogens with two attached hydrogens (primary N) is 1. The highest BCUT2D eigenvalue weighted by Gasteiger charge is 2.13. The van der Waals surface area contributed by atoms with E-state index >= 15 is 0 Å². The number of ether oxygens (including phenoxy) is 2. The lowest BCUT2D eigenvalue weighted by molar-refractivity contribution is 0.354. The van der Waals surface area contributed by atoms with Gasteiger partial charge in [0.2, 0.25) is 0 Å². The van der Waals surface area contributed by atoms with E-state index in [2.05, 4.69) is 15.9 Å². The van der Waals surface area contributed by atoms with Crippen molar-refractivity contribution in [2.45, 2.75) is 12.5 Å². The molecule has 5 heteroatoms. The average Bonchev–Trinajstić information content (AvgIpc) is 2.49. The molecule has 2 rings (SSSR count). The molecule has 2 N–H and O–H groups in total. The highest BCUT2D eigenvalue weighted by molar-refractivity contribution is 9.10. The summed E-state index contributed by atoms with van der Waals surface area (Å²) < 4.78 is 24.3. The maximum absolute atomic E-state index is 13.1. The van der Waals surface area contributed by atoms with Gasteiger partial charge in [0.25, 0.3) is 0 Å². The standard InChI is InChI=1S/C16H17BrFNO2/c1-20-15-6-4-11(8-16(15)21-2)14(19)7-10-3-5-12(18)9-13(10)17/h3-6,8-9,14H,7,19H2,1-2H3. The molecule has 0 heterocycles. The zero-order valence-corrected chi connectivity index (χ0v) is 13.5. The molecule has 0 aliphatic rings. The smallest absolute Gasteiger partial charge is 0.161 e. The molecule has 0 radical (unpaired) electrons. The molecule has 0 saturated heterocycles. The summed E-state index contributed by atoms with van der Waals surface area (Å²) in [5, 5.41) is 0. The van der Waals surface area contributed by atoms with Gasteiger partial charge in [-0.1, -0.05) is 28.1 Å². The Morgan fingerprint density at radius 2 is 1.81 bits per heavy atom. The van der Waals surface area contributed by atoms with Crippen LogP contribution in [0.1, 0.15) is 17.2 Å². The first-order valence-corrected chi connectivity index (χ1v) is 7.26. The highest BCUT2D eigenvalue weighted by Crippen LogP contribution is 2.31. The number of methoxy groups -OCH3 is 2. The SMILES string of the molecule is COc1ccc(C(N)Cc2ccc(F)cc2Br)cc1OC. The Balaban J connectivity index is 2.21. The van der Waals surface area contributed by atoms with Gasteiger partial charge in [-0.05, 0) is 41.8 Å². The lowest BCUT2D eigenvalue weighted by atomic mass is 9.99. The minimum atomic E-state index is -0.273. The third-order valence-corrected chi connectivity index (χ3v) is 4.03. The van der Waals surface area contributed by atoms with Crippen molar-refractivity contribution in [2.24, 2.45) is 5.73 Å². The Bertz CT molecular complexity index is 634. The number of halogens is 2. The van der Waals surface area contributed by atoms with E-state index in [0.717, 1.165) is 15.6 Å². The second-order valence-electron chi connectivity index (χ2n) is 4.66. The molecular weight excluding hydrogens is 337 g/mol. The molecule has 1 atom stereocenters. The molecule has 0 fully saturated rings. The second-order valence-corrected chi connectivity index (χ2v) is 5.52. The summed E-state index contributed by atoms with van der Waals surface area (Å²) in [6.45, 7) is 0. The zero-order valence-electron chi connectivity index (χ0n) is 11.9. The largest absolute Gasteiger partial charge is 0.493 e. The molecule has 0 bridgehead atoms. The molecule has 0 aromatic heterocycles. The fourth-order valence-electron chi connectivity index (χ4n) is 2.13. The minimum Gasteiger partial charge on any atom is -0.493 e. The first-order valence-electron chi connectivity index (χ1n) is 6.46. The van der Waals surface area contributed by atoms with Gasteiger partial charge >= 0.3 is 0 Å². The topological polar surface area (TPSA) is 44.5 Å². The molecule has 0 amide bonds. The van der Waals surface area contributed by atoms with Crippen LogP contribution < -0.4 is 15.2 Å². The summed E-state index contributed by atoms with van der Waals surface area (Å²) >= 11 is 3.36. The third-order valence-electron chi connectivity index (χ3n) is 3.29. The minimum absolute atomic E-state index is 0.216. The molecule has 0 saturated carbocycles. The van der Waals surface area contributed by atoms with Crippen LogP contribution in [0, 0.1) is 5.82 Å². The molecule has 2 aromatic rings. The Kier molecular flexibility index (Phi) is 5.20. The molecule has 0 aliphatic heterocycles. The predicted molar refractivity (Wildman–Crippen MR) is 84.3 cm³/mol. The van der Waals surface area contributed by atoms with Crippen molar-refractivity contribution in [3.05, 3.63) is 57.8 Å². The fraction of sp³-hybridized carbons (Fsp3) is 0.250. The summed E-state index contributed by atoms with van der Waals surface area (Å²) in [5.74, 6) is 1.03. The van der Waals surface area contributed by atoms with E-state index in [1.165, 1.54) is 12.1 Å². The Labute approximate surface area is 132 Å². The molecule has 112 valence electrons. The molecular formula is C16H17BrFNO2. The van der Waals surface area contributed by atoms with E-state index in [-0.39, 0.29) is 11.9 Å². The van der Waals surface area contributed by atoms with Gasteiger partial charge in [0.05, 0.1) is 14.2 Å².